The largest absolute Gasteiger partial charge is 0.456 e. The van der Waals surface area contributed by atoms with Crippen LogP contribution in [0.1, 0.15) is 119 Å². The molecule has 0 aromatic carbocycles. The molecule has 376 valence electrons. The third-order valence-corrected chi connectivity index (χ3v) is 14.4. The van der Waals surface area contributed by atoms with Crippen molar-refractivity contribution in [3.63, 3.8) is 0 Å². The lowest BCUT2D eigenvalue weighted by Gasteiger charge is -2.47. The predicted octanol–water partition coefficient (Wildman–Crippen LogP) is 4.57. The van der Waals surface area contributed by atoms with Crippen molar-refractivity contribution in [1.82, 2.24) is 15.1 Å². The van der Waals surface area contributed by atoms with Crippen molar-refractivity contribution < 1.29 is 62.6 Å². The van der Waals surface area contributed by atoms with Gasteiger partial charge in [-0.2, -0.15) is 0 Å². The number of Topliss-reactive ketones (excluding diaryl/α,β-unsaturated/α-hetero) is 2. The molecule has 16 nitrogen and oxygen atoms in total. The van der Waals surface area contributed by atoms with Gasteiger partial charge in [0.15, 0.2) is 0 Å². The summed E-state index contributed by atoms with van der Waals surface area (Å²) in [4.78, 5) is 72.9. The Hall–Kier alpha value is -3.09. The third-order valence-electron chi connectivity index (χ3n) is 14.4. The predicted molar refractivity (Wildman–Crippen MR) is 248 cm³/mol. The first-order chi connectivity index (χ1) is 31.3. The first-order valence-corrected chi connectivity index (χ1v) is 24.4. The number of methoxy groups -OCH3 is 3. The Balaban J connectivity index is 1.66. The van der Waals surface area contributed by atoms with E-state index in [4.69, 9.17) is 28.4 Å². The molecule has 3 N–H and O–H groups in total. The van der Waals surface area contributed by atoms with Crippen LogP contribution in [0.5, 0.6) is 0 Å². The van der Waals surface area contributed by atoms with Crippen LogP contribution in [-0.2, 0) is 52.4 Å². The zero-order valence-electron chi connectivity index (χ0n) is 41.8. The topological polar surface area (TPSA) is 200 Å². The van der Waals surface area contributed by atoms with Crippen LogP contribution >= 0.6 is 0 Å². The number of hydrogen-bond acceptors (Lipinski definition) is 14. The molecule has 2 bridgehead atoms. The van der Waals surface area contributed by atoms with Crippen molar-refractivity contribution in [2.24, 2.45) is 29.6 Å². The second kappa shape index (κ2) is 26.0. The van der Waals surface area contributed by atoms with Crippen molar-refractivity contribution in [2.75, 3.05) is 61.7 Å². The number of esters is 1. The molecule has 0 radical (unpaired) electrons. The van der Waals surface area contributed by atoms with Gasteiger partial charge in [-0.15, -0.1) is 0 Å². The molecule has 3 aliphatic heterocycles. The van der Waals surface area contributed by atoms with Crippen LogP contribution in [0.25, 0.3) is 0 Å². The standard InChI is InChI=1S/C50H83N3O13/c1-12-36-23-30(2)22-31(3)24-42(62-10)46-43(63-11)26-33(5)50(60,66-46)47(57)48(58)53-21-14-13-16-37(53)49(59)65-45(34(6)38(54)28-39(36)55)32(4)25-35-17-18-40(41(27-35)61-9)64-29-44(56)51-19-15-20-52(7)8/h23,25,31,33-38,40-43,45-46,54,60H,12-22,24,26-29H2,1-11H3,(H,51,56)/b30-23+,32-25+/t31-,33+,34+,35+,36+,37-,38-,40+,41?,42-,43-,45+,46+,50+/m0/s1. The third kappa shape index (κ3) is 14.7. The van der Waals surface area contributed by atoms with Gasteiger partial charge in [-0.25, -0.2) is 4.79 Å². The number of hydrogen-bond donors (Lipinski definition) is 3. The molecule has 14 atom stereocenters. The summed E-state index contributed by atoms with van der Waals surface area (Å²) >= 11 is 0. The number of ketones is 2. The number of carbonyl (C=O) groups is 5. The van der Waals surface area contributed by atoms with E-state index in [2.05, 4.69) is 17.1 Å². The number of nitrogens with one attached hydrogen (secondary N) is 1. The van der Waals surface area contributed by atoms with Crippen LogP contribution in [0.15, 0.2) is 23.3 Å². The van der Waals surface area contributed by atoms with E-state index in [1.165, 1.54) is 19.1 Å². The Kier molecular flexibility index (Phi) is 21.9. The van der Waals surface area contributed by atoms with Crippen LogP contribution in [0, 0.1) is 29.6 Å². The molecule has 0 aromatic heterocycles. The number of rotatable bonds is 13. The molecule has 1 unspecified atom stereocenters. The summed E-state index contributed by atoms with van der Waals surface area (Å²) in [5, 5.41) is 26.8. The van der Waals surface area contributed by atoms with Gasteiger partial charge >= 0.3 is 5.97 Å². The van der Waals surface area contributed by atoms with Crippen molar-refractivity contribution in [3.05, 3.63) is 23.3 Å². The lowest BCUT2D eigenvalue weighted by molar-refractivity contribution is -0.302. The number of piperidine rings is 1. The van der Waals surface area contributed by atoms with Crippen molar-refractivity contribution in [2.45, 2.75) is 173 Å². The van der Waals surface area contributed by atoms with Gasteiger partial charge in [0.25, 0.3) is 11.7 Å². The van der Waals surface area contributed by atoms with Gasteiger partial charge in [-0.05, 0) is 123 Å². The fourth-order valence-electron chi connectivity index (χ4n) is 10.4. The minimum absolute atomic E-state index is 0.0217. The van der Waals surface area contributed by atoms with E-state index in [1.807, 2.05) is 47.0 Å². The maximum Gasteiger partial charge on any atom is 0.329 e. The van der Waals surface area contributed by atoms with E-state index >= 15 is 0 Å². The molecule has 4 rings (SSSR count). The van der Waals surface area contributed by atoms with Gasteiger partial charge in [0, 0.05) is 58.6 Å². The summed E-state index contributed by atoms with van der Waals surface area (Å²) in [7, 11) is 8.65. The maximum atomic E-state index is 14.5. The average Bonchev–Trinajstić information content (AvgIpc) is 3.29. The Morgan fingerprint density at radius 1 is 0.955 bits per heavy atom. The summed E-state index contributed by atoms with van der Waals surface area (Å²) in [5.74, 6) is -7.85. The normalized spacial score (nSPS) is 37.1. The van der Waals surface area contributed by atoms with Gasteiger partial charge < -0.3 is 53.8 Å². The molecule has 2 saturated heterocycles. The lowest BCUT2D eigenvalue weighted by Crippen LogP contribution is -2.64. The van der Waals surface area contributed by atoms with Crippen LogP contribution in [0.3, 0.4) is 0 Å². The van der Waals surface area contributed by atoms with E-state index < -0.39 is 77.8 Å². The van der Waals surface area contributed by atoms with E-state index in [9.17, 15) is 34.2 Å². The Morgan fingerprint density at radius 2 is 1.64 bits per heavy atom. The highest BCUT2D eigenvalue weighted by atomic mass is 16.7. The highest BCUT2D eigenvalue weighted by Gasteiger charge is 2.56. The summed E-state index contributed by atoms with van der Waals surface area (Å²) in [6, 6.07) is -1.16. The van der Waals surface area contributed by atoms with Gasteiger partial charge in [0.1, 0.15) is 30.6 Å². The smallest absolute Gasteiger partial charge is 0.329 e. The second-order valence-corrected chi connectivity index (χ2v) is 19.9. The van der Waals surface area contributed by atoms with Crippen LogP contribution in [-0.4, -0.2) is 166 Å². The Morgan fingerprint density at radius 3 is 2.29 bits per heavy atom. The lowest BCUT2D eigenvalue weighted by atomic mass is 9.81. The van der Waals surface area contributed by atoms with Gasteiger partial charge in [0.2, 0.25) is 11.7 Å². The van der Waals surface area contributed by atoms with Crippen molar-refractivity contribution in [3.8, 4) is 0 Å². The summed E-state index contributed by atoms with van der Waals surface area (Å²) < 4.78 is 36.3. The van der Waals surface area contributed by atoms with E-state index in [0.29, 0.717) is 63.5 Å². The number of carbonyl (C=O) groups excluding carboxylic acids is 5. The molecule has 1 saturated carbocycles. The maximum absolute atomic E-state index is 14.5. The summed E-state index contributed by atoms with van der Waals surface area (Å²) in [6.07, 6.45) is 4.78. The van der Waals surface area contributed by atoms with Crippen LogP contribution in [0.2, 0.25) is 0 Å². The van der Waals surface area contributed by atoms with Crippen LogP contribution in [0.4, 0.5) is 0 Å². The quantitative estimate of drug-likeness (QED) is 0.101. The minimum atomic E-state index is -2.52. The van der Waals surface area contributed by atoms with Crippen molar-refractivity contribution >= 4 is 29.4 Å². The van der Waals surface area contributed by atoms with E-state index in [1.54, 1.807) is 21.0 Å². The fourth-order valence-corrected chi connectivity index (χ4v) is 10.4. The number of amides is 2. The number of ether oxygens (including phenoxy) is 6. The fraction of sp³-hybridized carbons (Fsp3) is 0.820. The Labute approximate surface area is 393 Å². The number of nitrogens with zero attached hydrogens (tertiary/aromatic N) is 2. The summed E-state index contributed by atoms with van der Waals surface area (Å²) in [5.41, 5.74) is 1.64. The molecule has 66 heavy (non-hydrogen) atoms. The number of fused-ring (bicyclic) bond motifs is 3. The summed E-state index contributed by atoms with van der Waals surface area (Å²) in [6.45, 7) is 12.6. The first kappa shape index (κ1) is 55.5. The average molecular weight is 934 g/mol. The van der Waals surface area contributed by atoms with Gasteiger partial charge in [0.05, 0.1) is 30.5 Å². The molecule has 4 aliphatic rings. The number of aliphatic hydroxyl groups is 2. The van der Waals surface area contributed by atoms with E-state index in [-0.39, 0.29) is 68.1 Å². The molecule has 16 heteroatoms. The monoisotopic (exact) mass is 934 g/mol. The molecule has 3 fully saturated rings. The highest BCUT2D eigenvalue weighted by molar-refractivity contribution is 6.39. The van der Waals surface area contributed by atoms with Crippen molar-refractivity contribution in [1.29, 1.82) is 0 Å². The molecule has 3 heterocycles. The zero-order chi connectivity index (χ0) is 48.9. The van der Waals surface area contributed by atoms with Gasteiger partial charge in [-0.3, -0.25) is 19.2 Å². The molecule has 0 spiro atoms. The number of cyclic esters (lactones) is 1. The zero-order valence-corrected chi connectivity index (χ0v) is 41.8. The van der Waals surface area contributed by atoms with Crippen LogP contribution < -0.4 is 5.32 Å². The molecule has 1 aliphatic carbocycles. The molecule has 0 aromatic rings. The SMILES string of the molecule is CC[C@@H]1/C=C(\C)C[C@H](C)C[C@H](OC)[C@H]2O[C@@](O)(C(=O)C(=O)N3CCCC[C@H]3C(=O)O[C@H](/C(C)=C/[C@H]3CC[C@@H](OCC(=O)NCCCN(C)C)C(OC)C3)[C@H](C)[C@@H](O)CC1=O)[C@H](C)C[C@@H]2OC. The van der Waals surface area contributed by atoms with E-state index in [0.717, 1.165) is 18.5 Å². The van der Waals surface area contributed by atoms with Gasteiger partial charge in [-0.1, -0.05) is 45.4 Å². The highest BCUT2D eigenvalue weighted by Crippen LogP contribution is 2.39. The first-order valence-electron chi connectivity index (χ1n) is 24.4. The molecular formula is C50H83N3O13. The second-order valence-electron chi connectivity index (χ2n) is 19.9. The molecule has 2 amide bonds. The minimum Gasteiger partial charge on any atom is -0.456 e. The molecular weight excluding hydrogens is 851 g/mol. The number of aliphatic hydroxyl groups excluding tert-OH is 1. The Bertz CT molecular complexity index is 1690. The number of allylic oxidation sites excluding steroid dienone is 3.